The van der Waals surface area contributed by atoms with E-state index in [1.165, 1.54) is 6.92 Å². The minimum absolute atomic E-state index is 0.462. The van der Waals surface area contributed by atoms with Gasteiger partial charge in [-0.3, -0.25) is 10.1 Å². The molecule has 2 atom stereocenters. The minimum atomic E-state index is -0.688. The number of aliphatic hydroxyl groups excluding tert-OH is 1. The van der Waals surface area contributed by atoms with E-state index in [0.29, 0.717) is 0 Å². The summed E-state index contributed by atoms with van der Waals surface area (Å²) < 4.78 is 0. The summed E-state index contributed by atoms with van der Waals surface area (Å²) in [6.45, 7) is 3.12. The fraction of sp³-hybridized carbons (Fsp3) is 0.800. The lowest BCUT2D eigenvalue weighted by Crippen LogP contribution is -2.43. The summed E-state index contributed by atoms with van der Waals surface area (Å²) in [5, 5.41) is 11.2. The monoisotopic (exact) mass is 132 g/mol. The number of carbonyl (C=O) groups excluding carboxylic acids is 1. The average molecular weight is 132 g/mol. The molecule has 0 saturated heterocycles. The third kappa shape index (κ3) is 3.93. The first-order valence-corrected chi connectivity index (χ1v) is 2.77. The lowest BCUT2D eigenvalue weighted by atomic mass is 10.3. The van der Waals surface area contributed by atoms with Crippen LogP contribution in [-0.4, -0.2) is 23.3 Å². The van der Waals surface area contributed by atoms with Crippen molar-refractivity contribution < 1.29 is 9.90 Å². The molecule has 0 aromatic rings. The first-order chi connectivity index (χ1) is 4.04. The Labute approximate surface area is 54.0 Å². The normalized spacial score (nSPS) is 16.8. The van der Waals surface area contributed by atoms with Gasteiger partial charge in [0.1, 0.15) is 6.23 Å². The summed E-state index contributed by atoms with van der Waals surface area (Å²) in [7, 11) is 0. The van der Waals surface area contributed by atoms with E-state index in [4.69, 9.17) is 10.8 Å². The van der Waals surface area contributed by atoms with Gasteiger partial charge in [-0.15, -0.1) is 0 Å². The van der Waals surface area contributed by atoms with Crippen LogP contribution in [0.2, 0.25) is 0 Å². The van der Waals surface area contributed by atoms with E-state index in [1.807, 2.05) is 0 Å². The van der Waals surface area contributed by atoms with Crippen molar-refractivity contribution in [3.05, 3.63) is 0 Å². The molecule has 54 valence electrons. The van der Waals surface area contributed by atoms with Gasteiger partial charge in [-0.2, -0.15) is 0 Å². The maximum absolute atomic E-state index is 10.3. The van der Waals surface area contributed by atoms with Crippen LogP contribution in [0.25, 0.3) is 0 Å². The Hall–Kier alpha value is -0.610. The quantitative estimate of drug-likeness (QED) is 0.422. The Morgan fingerprint density at radius 3 is 2.22 bits per heavy atom. The molecule has 4 N–H and O–H groups in total. The molecule has 0 aromatic carbocycles. The van der Waals surface area contributed by atoms with Crippen molar-refractivity contribution in [3.63, 3.8) is 0 Å². The third-order valence-corrected chi connectivity index (χ3v) is 0.918. The molecule has 0 rings (SSSR count). The van der Waals surface area contributed by atoms with Gasteiger partial charge in [0, 0.05) is 0 Å². The van der Waals surface area contributed by atoms with E-state index in [0.717, 1.165) is 0 Å². The van der Waals surface area contributed by atoms with Gasteiger partial charge in [-0.1, -0.05) is 0 Å². The van der Waals surface area contributed by atoms with E-state index in [2.05, 4.69) is 5.32 Å². The van der Waals surface area contributed by atoms with E-state index in [9.17, 15) is 4.79 Å². The Morgan fingerprint density at radius 2 is 2.11 bits per heavy atom. The zero-order chi connectivity index (χ0) is 7.44. The molecular formula is C5H12N2O2. The van der Waals surface area contributed by atoms with Crippen molar-refractivity contribution in [2.24, 2.45) is 5.73 Å². The second kappa shape index (κ2) is 3.42. The number of amides is 1. The highest BCUT2D eigenvalue weighted by Gasteiger charge is 2.08. The third-order valence-electron chi connectivity index (χ3n) is 0.918. The molecule has 4 nitrogen and oxygen atoms in total. The smallest absolute Gasteiger partial charge is 0.234 e. The molecule has 0 aliphatic rings. The van der Waals surface area contributed by atoms with Crippen molar-refractivity contribution in [1.82, 2.24) is 5.32 Å². The molecule has 0 bridgehead atoms. The number of hydrogen-bond acceptors (Lipinski definition) is 3. The Bertz CT molecular complexity index is 103. The van der Waals surface area contributed by atoms with Crippen LogP contribution < -0.4 is 11.1 Å². The molecule has 0 aromatic heterocycles. The number of hydrogen-bond donors (Lipinski definition) is 3. The predicted octanol–water partition coefficient (Wildman–Crippen LogP) is -1.21. The largest absolute Gasteiger partial charge is 0.379 e. The highest BCUT2D eigenvalue weighted by atomic mass is 16.3. The lowest BCUT2D eigenvalue weighted by Gasteiger charge is -2.11. The molecular weight excluding hydrogens is 120 g/mol. The van der Waals surface area contributed by atoms with Crippen molar-refractivity contribution >= 4 is 5.91 Å². The van der Waals surface area contributed by atoms with Gasteiger partial charge in [0.2, 0.25) is 5.91 Å². The van der Waals surface area contributed by atoms with E-state index in [-0.39, 0.29) is 0 Å². The van der Waals surface area contributed by atoms with Crippen LogP contribution >= 0.6 is 0 Å². The molecule has 2 unspecified atom stereocenters. The highest BCUT2D eigenvalue weighted by Crippen LogP contribution is 1.80. The fourth-order valence-corrected chi connectivity index (χ4v) is 0.444. The number of primary amides is 1. The van der Waals surface area contributed by atoms with E-state index < -0.39 is 18.2 Å². The maximum atomic E-state index is 10.3. The number of rotatable bonds is 3. The summed E-state index contributed by atoms with van der Waals surface area (Å²) in [4.78, 5) is 10.3. The standard InChI is InChI=1S/C5H12N2O2/c1-3(5(6)9)7-4(2)8/h3-4,7-8H,1-2H3,(H2,6,9). The Kier molecular flexibility index (Phi) is 3.19. The van der Waals surface area contributed by atoms with Gasteiger partial charge in [0.15, 0.2) is 0 Å². The number of aliphatic hydroxyl groups is 1. The van der Waals surface area contributed by atoms with Crippen molar-refractivity contribution in [3.8, 4) is 0 Å². The zero-order valence-corrected chi connectivity index (χ0v) is 5.59. The number of nitrogens with two attached hydrogens (primary N) is 1. The second-order valence-corrected chi connectivity index (χ2v) is 1.97. The molecule has 4 heteroatoms. The molecule has 1 amide bonds. The van der Waals surface area contributed by atoms with Gasteiger partial charge in [0.05, 0.1) is 6.04 Å². The van der Waals surface area contributed by atoms with E-state index >= 15 is 0 Å². The fourth-order valence-electron chi connectivity index (χ4n) is 0.444. The summed E-state index contributed by atoms with van der Waals surface area (Å²) in [6.07, 6.45) is -0.688. The molecule has 0 spiro atoms. The van der Waals surface area contributed by atoms with E-state index in [1.54, 1.807) is 6.92 Å². The van der Waals surface area contributed by atoms with Crippen LogP contribution in [0.1, 0.15) is 13.8 Å². The molecule has 0 heterocycles. The summed E-state index contributed by atoms with van der Waals surface area (Å²) in [6, 6.07) is -0.468. The second-order valence-electron chi connectivity index (χ2n) is 1.97. The van der Waals surface area contributed by atoms with Crippen molar-refractivity contribution in [2.45, 2.75) is 26.1 Å². The topological polar surface area (TPSA) is 75.3 Å². The van der Waals surface area contributed by atoms with Crippen molar-refractivity contribution in [1.29, 1.82) is 0 Å². The van der Waals surface area contributed by atoms with Crippen LogP contribution in [0.3, 0.4) is 0 Å². The van der Waals surface area contributed by atoms with Crippen LogP contribution in [0.5, 0.6) is 0 Å². The minimum Gasteiger partial charge on any atom is -0.379 e. The predicted molar refractivity (Wildman–Crippen MR) is 33.5 cm³/mol. The lowest BCUT2D eigenvalue weighted by molar-refractivity contribution is -0.120. The van der Waals surface area contributed by atoms with Gasteiger partial charge in [0.25, 0.3) is 0 Å². The van der Waals surface area contributed by atoms with Crippen LogP contribution in [0, 0.1) is 0 Å². The average Bonchev–Trinajstić information content (AvgIpc) is 1.63. The summed E-state index contributed by atoms with van der Waals surface area (Å²) >= 11 is 0. The molecule has 0 saturated carbocycles. The first-order valence-electron chi connectivity index (χ1n) is 2.77. The SMILES string of the molecule is CC(O)NC(C)C(N)=O. The van der Waals surface area contributed by atoms with Crippen LogP contribution in [0.15, 0.2) is 0 Å². The molecule has 0 fully saturated rings. The molecule has 0 aliphatic carbocycles. The van der Waals surface area contributed by atoms with Gasteiger partial charge >= 0.3 is 0 Å². The summed E-state index contributed by atoms with van der Waals surface area (Å²) in [5.41, 5.74) is 4.87. The Morgan fingerprint density at radius 1 is 1.67 bits per heavy atom. The molecule has 9 heavy (non-hydrogen) atoms. The highest BCUT2D eigenvalue weighted by molar-refractivity contribution is 5.79. The van der Waals surface area contributed by atoms with Gasteiger partial charge < -0.3 is 10.8 Å². The van der Waals surface area contributed by atoms with Gasteiger partial charge in [-0.05, 0) is 13.8 Å². The first kappa shape index (κ1) is 8.39. The van der Waals surface area contributed by atoms with Crippen molar-refractivity contribution in [2.75, 3.05) is 0 Å². The Balaban J connectivity index is 3.50. The number of carbonyl (C=O) groups is 1. The van der Waals surface area contributed by atoms with Crippen LogP contribution in [-0.2, 0) is 4.79 Å². The molecule has 0 radical (unpaired) electrons. The van der Waals surface area contributed by atoms with Gasteiger partial charge in [-0.25, -0.2) is 0 Å². The summed E-state index contributed by atoms with van der Waals surface area (Å²) in [5.74, 6) is -0.462. The zero-order valence-electron chi connectivity index (χ0n) is 5.59. The van der Waals surface area contributed by atoms with Crippen LogP contribution in [0.4, 0.5) is 0 Å². The molecule has 0 aliphatic heterocycles. The maximum Gasteiger partial charge on any atom is 0.234 e. The number of nitrogens with one attached hydrogen (secondary N) is 1.